The van der Waals surface area contributed by atoms with Crippen molar-refractivity contribution in [1.82, 2.24) is 18.8 Å². The highest BCUT2D eigenvalue weighted by molar-refractivity contribution is 7.89. The zero-order valence-electron chi connectivity index (χ0n) is 17.5. The fourth-order valence-corrected chi connectivity index (χ4v) is 6.06. The molecule has 0 aliphatic heterocycles. The summed E-state index contributed by atoms with van der Waals surface area (Å²) in [5, 5.41) is 3.73. The van der Waals surface area contributed by atoms with Crippen molar-refractivity contribution >= 4 is 50.3 Å². The van der Waals surface area contributed by atoms with Gasteiger partial charge in [-0.2, -0.15) is 8.75 Å². The number of nitrogens with zero attached hydrogens (tertiary/aromatic N) is 2. The Balaban J connectivity index is 1.22. The summed E-state index contributed by atoms with van der Waals surface area (Å²) in [7, 11) is -3.66. The first-order valence-electron chi connectivity index (χ1n) is 10.7. The van der Waals surface area contributed by atoms with Crippen LogP contribution in [0.4, 0.5) is 0 Å². The van der Waals surface area contributed by atoms with Gasteiger partial charge in [0.15, 0.2) is 0 Å². The van der Waals surface area contributed by atoms with Crippen LogP contribution in [0, 0.1) is 11.8 Å². The largest absolute Gasteiger partial charge is 0.356 e. The Morgan fingerprint density at radius 3 is 2.56 bits per heavy atom. The fraction of sp³-hybridized carbons (Fsp3) is 0.409. The maximum Gasteiger partial charge on any atom is 0.242 e. The molecule has 1 amide bonds. The van der Waals surface area contributed by atoms with Gasteiger partial charge in [0.05, 0.1) is 11.7 Å². The van der Waals surface area contributed by atoms with Crippen LogP contribution >= 0.6 is 23.3 Å². The van der Waals surface area contributed by atoms with Gasteiger partial charge in [-0.3, -0.25) is 4.79 Å². The van der Waals surface area contributed by atoms with Gasteiger partial charge in [-0.1, -0.05) is 29.8 Å². The Bertz CT molecular complexity index is 1170. The van der Waals surface area contributed by atoms with E-state index in [0.717, 1.165) is 49.4 Å². The van der Waals surface area contributed by atoms with Crippen molar-refractivity contribution in [3.8, 4) is 0 Å². The van der Waals surface area contributed by atoms with Crippen LogP contribution in [0.2, 0.25) is 5.02 Å². The number of hydrogen-bond donors (Lipinski definition) is 2. The molecule has 1 aliphatic rings. The van der Waals surface area contributed by atoms with Gasteiger partial charge in [0, 0.05) is 24.0 Å². The zero-order valence-corrected chi connectivity index (χ0v) is 19.8. The molecule has 1 aliphatic carbocycles. The zero-order chi connectivity index (χ0) is 22.6. The smallest absolute Gasteiger partial charge is 0.242 e. The third-order valence-corrected chi connectivity index (χ3v) is 8.19. The van der Waals surface area contributed by atoms with Gasteiger partial charge >= 0.3 is 0 Å². The monoisotopic (exact) mass is 492 g/mol. The minimum absolute atomic E-state index is 0.0112. The standard InChI is InChI=1S/C22H25ClN4O3S2/c23-18-10-6-15(7-11-18)12-13-24-22(28)17-8-4-16(5-9-17)14-25-32(29,30)20-3-1-2-19-21(20)27-31-26-19/h1-3,6-7,10-11,16-17,25H,4-5,8-9,12-14H2,(H,24,28). The van der Waals surface area contributed by atoms with Crippen molar-refractivity contribution in [2.45, 2.75) is 37.0 Å². The lowest BCUT2D eigenvalue weighted by Gasteiger charge is -2.28. The normalized spacial score (nSPS) is 19.2. The molecule has 10 heteroatoms. The molecule has 1 aromatic heterocycles. The number of hydrogen-bond acceptors (Lipinski definition) is 6. The van der Waals surface area contributed by atoms with Gasteiger partial charge < -0.3 is 5.32 Å². The quantitative estimate of drug-likeness (QED) is 0.498. The molecule has 4 rings (SSSR count). The number of nitrogens with one attached hydrogen (secondary N) is 2. The topological polar surface area (TPSA) is 101 Å². The number of carbonyl (C=O) groups excluding carboxylic acids is 1. The first-order valence-corrected chi connectivity index (χ1v) is 13.2. The number of amides is 1. The molecule has 1 saturated carbocycles. The van der Waals surface area contributed by atoms with E-state index >= 15 is 0 Å². The summed E-state index contributed by atoms with van der Waals surface area (Å²) in [5.74, 6) is 0.291. The van der Waals surface area contributed by atoms with Crippen molar-refractivity contribution in [3.05, 3.63) is 53.1 Å². The molecule has 0 unspecified atom stereocenters. The average Bonchev–Trinajstić information content (AvgIpc) is 3.28. The first-order chi connectivity index (χ1) is 15.4. The summed E-state index contributed by atoms with van der Waals surface area (Å²) in [6.07, 6.45) is 3.94. The first kappa shape index (κ1) is 23.1. The van der Waals surface area contributed by atoms with E-state index < -0.39 is 10.0 Å². The number of halogens is 1. The molecule has 2 N–H and O–H groups in total. The van der Waals surface area contributed by atoms with Crippen LogP contribution in [0.5, 0.6) is 0 Å². The lowest BCUT2D eigenvalue weighted by molar-refractivity contribution is -0.126. The third kappa shape index (κ3) is 5.64. The summed E-state index contributed by atoms with van der Waals surface area (Å²) in [6, 6.07) is 12.6. The minimum atomic E-state index is -3.66. The molecular formula is C22H25ClN4O3S2. The molecule has 0 saturated heterocycles. The van der Waals surface area contributed by atoms with Crippen LogP contribution < -0.4 is 10.0 Å². The van der Waals surface area contributed by atoms with E-state index in [1.54, 1.807) is 18.2 Å². The van der Waals surface area contributed by atoms with Crippen molar-refractivity contribution in [2.75, 3.05) is 13.1 Å². The van der Waals surface area contributed by atoms with E-state index in [9.17, 15) is 13.2 Å². The number of benzene rings is 2. The van der Waals surface area contributed by atoms with E-state index in [-0.39, 0.29) is 22.6 Å². The maximum absolute atomic E-state index is 12.8. The van der Waals surface area contributed by atoms with E-state index in [0.29, 0.717) is 29.1 Å². The second-order valence-corrected chi connectivity index (χ2v) is 10.8. The van der Waals surface area contributed by atoms with E-state index in [4.69, 9.17) is 11.6 Å². The molecule has 32 heavy (non-hydrogen) atoms. The van der Waals surface area contributed by atoms with Crippen LogP contribution in [0.25, 0.3) is 11.0 Å². The van der Waals surface area contributed by atoms with Crippen molar-refractivity contribution in [3.63, 3.8) is 0 Å². The molecule has 0 radical (unpaired) electrons. The Hall–Kier alpha value is -2.07. The number of rotatable bonds is 8. The summed E-state index contributed by atoms with van der Waals surface area (Å²) >= 11 is 6.90. The fourth-order valence-electron chi connectivity index (χ4n) is 4.06. The molecule has 170 valence electrons. The van der Waals surface area contributed by atoms with Crippen LogP contribution in [-0.4, -0.2) is 36.2 Å². The van der Waals surface area contributed by atoms with Gasteiger partial charge in [0.1, 0.15) is 15.9 Å². The summed E-state index contributed by atoms with van der Waals surface area (Å²) in [6.45, 7) is 0.957. The number of sulfonamides is 1. The number of fused-ring (bicyclic) bond motifs is 1. The highest BCUT2D eigenvalue weighted by Crippen LogP contribution is 2.29. The molecular weight excluding hydrogens is 468 g/mol. The van der Waals surface area contributed by atoms with E-state index in [2.05, 4.69) is 18.8 Å². The van der Waals surface area contributed by atoms with Gasteiger partial charge in [-0.25, -0.2) is 13.1 Å². The molecule has 0 bridgehead atoms. The summed E-state index contributed by atoms with van der Waals surface area (Å²) < 4.78 is 36.5. The van der Waals surface area contributed by atoms with Crippen molar-refractivity contribution in [2.24, 2.45) is 11.8 Å². The predicted molar refractivity (Wildman–Crippen MR) is 126 cm³/mol. The average molecular weight is 493 g/mol. The Kier molecular flexibility index (Phi) is 7.40. The molecule has 0 atom stereocenters. The van der Waals surface area contributed by atoms with Crippen LogP contribution in [0.1, 0.15) is 31.2 Å². The highest BCUT2D eigenvalue weighted by atomic mass is 35.5. The highest BCUT2D eigenvalue weighted by Gasteiger charge is 2.27. The van der Waals surface area contributed by atoms with Gasteiger partial charge in [-0.15, -0.1) is 0 Å². The molecule has 1 fully saturated rings. The predicted octanol–water partition coefficient (Wildman–Crippen LogP) is 3.79. The van der Waals surface area contributed by atoms with Crippen molar-refractivity contribution < 1.29 is 13.2 Å². The molecule has 1 heterocycles. The minimum Gasteiger partial charge on any atom is -0.356 e. The van der Waals surface area contributed by atoms with Crippen LogP contribution in [-0.2, 0) is 21.2 Å². The van der Waals surface area contributed by atoms with Gasteiger partial charge in [-0.05, 0) is 67.9 Å². The second-order valence-electron chi connectivity index (χ2n) is 8.13. The Morgan fingerprint density at radius 2 is 1.81 bits per heavy atom. The lowest BCUT2D eigenvalue weighted by Crippen LogP contribution is -2.36. The Labute approximate surface area is 197 Å². The Morgan fingerprint density at radius 1 is 1.06 bits per heavy atom. The van der Waals surface area contributed by atoms with E-state index in [1.165, 1.54) is 0 Å². The summed E-state index contributed by atoms with van der Waals surface area (Å²) in [4.78, 5) is 12.7. The maximum atomic E-state index is 12.8. The van der Waals surface area contributed by atoms with Crippen molar-refractivity contribution in [1.29, 1.82) is 0 Å². The second kappa shape index (κ2) is 10.2. The van der Waals surface area contributed by atoms with Gasteiger partial charge in [0.2, 0.25) is 15.9 Å². The third-order valence-electron chi connectivity index (χ3n) is 5.94. The SMILES string of the molecule is O=C(NCCc1ccc(Cl)cc1)C1CCC(CNS(=O)(=O)c2cccc3nsnc23)CC1. The van der Waals surface area contributed by atoms with Crippen LogP contribution in [0.15, 0.2) is 47.4 Å². The van der Waals surface area contributed by atoms with Gasteiger partial charge in [0.25, 0.3) is 0 Å². The van der Waals surface area contributed by atoms with Crippen LogP contribution in [0.3, 0.4) is 0 Å². The number of aromatic nitrogens is 2. The molecule has 0 spiro atoms. The molecule has 3 aromatic rings. The number of carbonyl (C=O) groups is 1. The molecule has 2 aromatic carbocycles. The summed E-state index contributed by atoms with van der Waals surface area (Å²) in [5.41, 5.74) is 2.12. The van der Waals surface area contributed by atoms with E-state index in [1.807, 2.05) is 24.3 Å². The molecule has 7 nitrogen and oxygen atoms in total. The lowest BCUT2D eigenvalue weighted by atomic mass is 9.81.